The van der Waals surface area contributed by atoms with Crippen LogP contribution in [0.15, 0.2) is 65.3 Å². The third-order valence-electron chi connectivity index (χ3n) is 3.60. The number of hydrogen-bond donors (Lipinski definition) is 2. The number of aromatic nitrogens is 2. The van der Waals surface area contributed by atoms with Gasteiger partial charge in [-0.2, -0.15) is 0 Å². The average Bonchev–Trinajstić information content (AvgIpc) is 3.12. The Kier molecular flexibility index (Phi) is 3.80. The molecule has 2 N–H and O–H groups in total. The van der Waals surface area contributed by atoms with Gasteiger partial charge in [0.25, 0.3) is 0 Å². The molecule has 0 radical (unpaired) electrons. The lowest BCUT2D eigenvalue weighted by molar-refractivity contribution is 0.503. The molecule has 118 valence electrons. The quantitative estimate of drug-likeness (QED) is 0.438. The van der Waals surface area contributed by atoms with Crippen LogP contribution in [0, 0.1) is 0 Å². The van der Waals surface area contributed by atoms with Gasteiger partial charge in [-0.05, 0) is 54.7 Å². The Bertz CT molecular complexity index is 1010. The lowest BCUT2D eigenvalue weighted by Crippen LogP contribution is -2.27. The summed E-state index contributed by atoms with van der Waals surface area (Å²) in [5.74, 6) is 0.829. The van der Waals surface area contributed by atoms with Crippen LogP contribution in [-0.2, 0) is 6.54 Å². The van der Waals surface area contributed by atoms with E-state index in [0.29, 0.717) is 11.7 Å². The minimum absolute atomic E-state index is 0.527. The summed E-state index contributed by atoms with van der Waals surface area (Å²) in [5.41, 5.74) is 4.31. The number of fused-ring (bicyclic) bond motifs is 2. The van der Waals surface area contributed by atoms with Crippen LogP contribution < -0.4 is 10.6 Å². The van der Waals surface area contributed by atoms with Crippen LogP contribution in [-0.4, -0.2) is 15.1 Å². The molecule has 2 aromatic heterocycles. The van der Waals surface area contributed by atoms with E-state index in [4.69, 9.17) is 16.6 Å². The number of hydrogen-bond acceptors (Lipinski definition) is 4. The number of nitrogens with one attached hydrogen (secondary N) is 2. The molecule has 0 saturated heterocycles. The van der Waals surface area contributed by atoms with Crippen LogP contribution >= 0.6 is 12.2 Å². The van der Waals surface area contributed by atoms with Gasteiger partial charge in [-0.3, -0.25) is 0 Å². The first-order valence-electron chi connectivity index (χ1n) is 7.52. The number of rotatable bonds is 3. The largest absolute Gasteiger partial charge is 0.467 e. The van der Waals surface area contributed by atoms with Crippen molar-refractivity contribution in [1.82, 2.24) is 15.3 Å². The second-order valence-electron chi connectivity index (χ2n) is 5.30. The molecule has 24 heavy (non-hydrogen) atoms. The van der Waals surface area contributed by atoms with Gasteiger partial charge in [0.15, 0.2) is 5.11 Å². The Labute approximate surface area is 143 Å². The number of para-hydroxylation sites is 2. The Hall–Kier alpha value is -2.99. The second-order valence-corrected chi connectivity index (χ2v) is 5.71. The van der Waals surface area contributed by atoms with Crippen molar-refractivity contribution in [2.24, 2.45) is 0 Å². The van der Waals surface area contributed by atoms with Gasteiger partial charge in [0.05, 0.1) is 34.9 Å². The summed E-state index contributed by atoms with van der Waals surface area (Å²) >= 11 is 5.31. The Morgan fingerprint density at radius 2 is 1.67 bits per heavy atom. The number of benzene rings is 2. The summed E-state index contributed by atoms with van der Waals surface area (Å²) in [7, 11) is 0. The molecule has 0 aliphatic rings. The monoisotopic (exact) mass is 334 g/mol. The fourth-order valence-electron chi connectivity index (χ4n) is 2.45. The van der Waals surface area contributed by atoms with Gasteiger partial charge in [-0.25, -0.2) is 9.97 Å². The van der Waals surface area contributed by atoms with E-state index in [1.807, 2.05) is 54.6 Å². The molecule has 0 aliphatic heterocycles. The van der Waals surface area contributed by atoms with Crippen molar-refractivity contribution in [2.75, 3.05) is 5.32 Å². The van der Waals surface area contributed by atoms with E-state index < -0.39 is 0 Å². The fraction of sp³-hybridized carbons (Fsp3) is 0.0556. The summed E-state index contributed by atoms with van der Waals surface area (Å²) in [4.78, 5) is 9.27. The van der Waals surface area contributed by atoms with Crippen molar-refractivity contribution in [3.63, 3.8) is 0 Å². The number of thiocarbonyl (C=S) groups is 1. The van der Waals surface area contributed by atoms with Crippen molar-refractivity contribution in [2.45, 2.75) is 6.54 Å². The van der Waals surface area contributed by atoms with Crippen LogP contribution in [0.25, 0.3) is 22.1 Å². The summed E-state index contributed by atoms with van der Waals surface area (Å²) < 4.78 is 5.26. The molecule has 4 aromatic rings. The van der Waals surface area contributed by atoms with Crippen LogP contribution in [0.4, 0.5) is 5.69 Å². The highest BCUT2D eigenvalue weighted by Crippen LogP contribution is 2.19. The first-order chi connectivity index (χ1) is 11.8. The predicted octanol–water partition coefficient (Wildman–Crippen LogP) is 3.86. The lowest BCUT2D eigenvalue weighted by atomic mass is 10.2. The molecule has 0 saturated carbocycles. The third kappa shape index (κ3) is 3.04. The maximum absolute atomic E-state index is 5.31. The first-order valence-corrected chi connectivity index (χ1v) is 7.92. The number of furan rings is 1. The standard InChI is InChI=1S/C18H14N4OS/c24-18(19-11-13-4-3-9-23-13)20-12-7-8-16-17(10-12)22-15-6-2-1-5-14(15)21-16/h1-10H,11H2,(H2,19,20,24). The van der Waals surface area contributed by atoms with Crippen molar-refractivity contribution in [3.05, 3.63) is 66.6 Å². The topological polar surface area (TPSA) is 63.0 Å². The SMILES string of the molecule is S=C(NCc1ccco1)Nc1ccc2nc3ccccc3nc2c1. The average molecular weight is 334 g/mol. The molecule has 0 atom stereocenters. The Balaban J connectivity index is 1.53. The molecule has 0 fully saturated rings. The Morgan fingerprint density at radius 3 is 2.42 bits per heavy atom. The van der Waals surface area contributed by atoms with E-state index in [1.165, 1.54) is 0 Å². The molecule has 6 heteroatoms. The molecule has 5 nitrogen and oxygen atoms in total. The molecular formula is C18H14N4OS. The Morgan fingerprint density at radius 1 is 0.917 bits per heavy atom. The molecule has 0 amide bonds. The molecule has 2 heterocycles. The summed E-state index contributed by atoms with van der Waals surface area (Å²) in [6.07, 6.45) is 1.64. The molecule has 0 spiro atoms. The molecular weight excluding hydrogens is 320 g/mol. The minimum atomic E-state index is 0.527. The van der Waals surface area contributed by atoms with Gasteiger partial charge in [0.1, 0.15) is 5.76 Å². The summed E-state index contributed by atoms with van der Waals surface area (Å²) in [6, 6.07) is 17.4. The maximum atomic E-state index is 5.31. The summed E-state index contributed by atoms with van der Waals surface area (Å²) in [6.45, 7) is 0.539. The van der Waals surface area contributed by atoms with E-state index >= 15 is 0 Å². The zero-order valence-electron chi connectivity index (χ0n) is 12.7. The van der Waals surface area contributed by atoms with E-state index in [-0.39, 0.29) is 0 Å². The van der Waals surface area contributed by atoms with Crippen molar-refractivity contribution >= 4 is 45.1 Å². The molecule has 2 aromatic carbocycles. The molecule has 4 rings (SSSR count). The third-order valence-corrected chi connectivity index (χ3v) is 3.85. The highest BCUT2D eigenvalue weighted by molar-refractivity contribution is 7.80. The van der Waals surface area contributed by atoms with Crippen LogP contribution in [0.3, 0.4) is 0 Å². The van der Waals surface area contributed by atoms with Gasteiger partial charge in [-0.1, -0.05) is 12.1 Å². The zero-order valence-corrected chi connectivity index (χ0v) is 13.5. The van der Waals surface area contributed by atoms with Gasteiger partial charge in [0.2, 0.25) is 0 Å². The lowest BCUT2D eigenvalue weighted by Gasteiger charge is -2.10. The smallest absolute Gasteiger partial charge is 0.171 e. The normalized spacial score (nSPS) is 10.8. The molecule has 0 unspecified atom stereocenters. The van der Waals surface area contributed by atoms with Crippen molar-refractivity contribution < 1.29 is 4.42 Å². The van der Waals surface area contributed by atoms with Gasteiger partial charge in [-0.15, -0.1) is 0 Å². The van der Waals surface area contributed by atoms with Crippen molar-refractivity contribution in [3.8, 4) is 0 Å². The minimum Gasteiger partial charge on any atom is -0.467 e. The van der Waals surface area contributed by atoms with Crippen LogP contribution in [0.2, 0.25) is 0 Å². The molecule has 0 aliphatic carbocycles. The molecule has 0 bridgehead atoms. The van der Waals surface area contributed by atoms with E-state index in [1.54, 1.807) is 6.26 Å². The number of anilines is 1. The fourth-order valence-corrected chi connectivity index (χ4v) is 2.64. The zero-order chi connectivity index (χ0) is 16.4. The first kappa shape index (κ1) is 14.6. The van der Waals surface area contributed by atoms with E-state index in [2.05, 4.69) is 20.6 Å². The van der Waals surface area contributed by atoms with Gasteiger partial charge in [0, 0.05) is 5.69 Å². The van der Waals surface area contributed by atoms with Crippen LogP contribution in [0.1, 0.15) is 5.76 Å². The van der Waals surface area contributed by atoms with Crippen LogP contribution in [0.5, 0.6) is 0 Å². The maximum Gasteiger partial charge on any atom is 0.171 e. The highest BCUT2D eigenvalue weighted by atomic mass is 32.1. The summed E-state index contributed by atoms with van der Waals surface area (Å²) in [5, 5.41) is 6.78. The predicted molar refractivity (Wildman–Crippen MR) is 98.8 cm³/mol. The number of nitrogens with zero attached hydrogens (tertiary/aromatic N) is 2. The second kappa shape index (κ2) is 6.25. The highest BCUT2D eigenvalue weighted by Gasteiger charge is 2.04. The van der Waals surface area contributed by atoms with Gasteiger partial charge >= 0.3 is 0 Å². The van der Waals surface area contributed by atoms with E-state index in [0.717, 1.165) is 33.5 Å². The van der Waals surface area contributed by atoms with E-state index in [9.17, 15) is 0 Å². The van der Waals surface area contributed by atoms with Crippen molar-refractivity contribution in [1.29, 1.82) is 0 Å². The van der Waals surface area contributed by atoms with Gasteiger partial charge < -0.3 is 15.1 Å².